The molecule has 0 bridgehead atoms. The lowest BCUT2D eigenvalue weighted by Gasteiger charge is -2.13. The standard InChI is InChI=1S/C16H10F3NO2/c1-8-2-5-13-11(6-8)10-4-3-9(15(21)22)7-12(10)14(20-13)16(17,18)19/h2-7H,1H3,(H,21,22). The maximum Gasteiger partial charge on any atom is 0.433 e. The molecule has 3 aromatic rings. The second-order valence-electron chi connectivity index (χ2n) is 5.04. The van der Waals surface area contributed by atoms with Gasteiger partial charge in [-0.05, 0) is 36.6 Å². The second-order valence-corrected chi connectivity index (χ2v) is 5.04. The first kappa shape index (κ1) is 14.3. The number of pyridine rings is 1. The largest absolute Gasteiger partial charge is 0.478 e. The van der Waals surface area contributed by atoms with Crippen molar-refractivity contribution in [1.29, 1.82) is 0 Å². The van der Waals surface area contributed by atoms with Crippen molar-refractivity contribution in [3.8, 4) is 0 Å². The van der Waals surface area contributed by atoms with Crippen LogP contribution in [0.1, 0.15) is 21.6 Å². The van der Waals surface area contributed by atoms with Gasteiger partial charge in [-0.15, -0.1) is 0 Å². The van der Waals surface area contributed by atoms with Crippen LogP contribution in [0.15, 0.2) is 36.4 Å². The van der Waals surface area contributed by atoms with Crippen LogP contribution in [0.2, 0.25) is 0 Å². The number of hydrogen-bond donors (Lipinski definition) is 1. The summed E-state index contributed by atoms with van der Waals surface area (Å²) in [6.07, 6.45) is -4.66. The predicted molar refractivity (Wildman–Crippen MR) is 75.9 cm³/mol. The smallest absolute Gasteiger partial charge is 0.433 e. The minimum Gasteiger partial charge on any atom is -0.478 e. The molecule has 0 saturated heterocycles. The SMILES string of the molecule is Cc1ccc2nc(C(F)(F)F)c3cc(C(=O)O)ccc3c2c1. The number of benzene rings is 2. The van der Waals surface area contributed by atoms with E-state index in [4.69, 9.17) is 5.11 Å². The van der Waals surface area contributed by atoms with Crippen LogP contribution in [0.4, 0.5) is 13.2 Å². The number of aryl methyl sites for hydroxylation is 1. The summed E-state index contributed by atoms with van der Waals surface area (Å²) in [4.78, 5) is 14.7. The van der Waals surface area contributed by atoms with Crippen LogP contribution >= 0.6 is 0 Å². The highest BCUT2D eigenvalue weighted by Gasteiger charge is 2.35. The van der Waals surface area contributed by atoms with Gasteiger partial charge in [-0.2, -0.15) is 13.2 Å². The topological polar surface area (TPSA) is 50.2 Å². The van der Waals surface area contributed by atoms with Gasteiger partial charge in [0.05, 0.1) is 11.1 Å². The first-order chi connectivity index (χ1) is 10.3. The number of carboxylic acids is 1. The molecule has 0 spiro atoms. The monoisotopic (exact) mass is 305 g/mol. The Morgan fingerprint density at radius 2 is 1.77 bits per heavy atom. The van der Waals surface area contributed by atoms with Crippen molar-refractivity contribution in [2.75, 3.05) is 0 Å². The van der Waals surface area contributed by atoms with E-state index in [0.717, 1.165) is 11.6 Å². The number of alkyl halides is 3. The summed E-state index contributed by atoms with van der Waals surface area (Å²) in [6, 6.07) is 8.68. The third kappa shape index (κ3) is 2.26. The molecule has 3 rings (SSSR count). The highest BCUT2D eigenvalue weighted by molar-refractivity contribution is 6.08. The van der Waals surface area contributed by atoms with Crippen molar-refractivity contribution in [1.82, 2.24) is 4.98 Å². The zero-order valence-electron chi connectivity index (χ0n) is 11.4. The van der Waals surface area contributed by atoms with Crippen LogP contribution in [0.5, 0.6) is 0 Å². The summed E-state index contributed by atoms with van der Waals surface area (Å²) in [7, 11) is 0. The Balaban J connectivity index is 2.51. The summed E-state index contributed by atoms with van der Waals surface area (Å²) in [5.74, 6) is -1.28. The molecular weight excluding hydrogens is 295 g/mol. The van der Waals surface area contributed by atoms with Crippen LogP contribution < -0.4 is 0 Å². The third-order valence-electron chi connectivity index (χ3n) is 3.46. The highest BCUT2D eigenvalue weighted by Crippen LogP contribution is 2.37. The number of hydrogen-bond acceptors (Lipinski definition) is 2. The van der Waals surface area contributed by atoms with E-state index in [1.165, 1.54) is 18.2 Å². The van der Waals surface area contributed by atoms with Crippen LogP contribution in [0.25, 0.3) is 21.7 Å². The minimum atomic E-state index is -4.66. The van der Waals surface area contributed by atoms with Crippen LogP contribution in [-0.2, 0) is 6.18 Å². The average molecular weight is 305 g/mol. The molecule has 1 heterocycles. The molecule has 0 unspecified atom stereocenters. The van der Waals surface area contributed by atoms with E-state index in [0.29, 0.717) is 10.8 Å². The number of fused-ring (bicyclic) bond motifs is 3. The fourth-order valence-electron chi connectivity index (χ4n) is 2.47. The lowest BCUT2D eigenvalue weighted by Crippen LogP contribution is -2.10. The van der Waals surface area contributed by atoms with Crippen LogP contribution in [-0.4, -0.2) is 16.1 Å². The summed E-state index contributed by atoms with van der Waals surface area (Å²) in [5.41, 5.74) is -0.153. The van der Waals surface area contributed by atoms with E-state index < -0.39 is 17.8 Å². The van der Waals surface area contributed by atoms with Gasteiger partial charge in [-0.1, -0.05) is 17.7 Å². The third-order valence-corrected chi connectivity index (χ3v) is 3.46. The Labute approximate surface area is 123 Å². The van der Waals surface area contributed by atoms with Gasteiger partial charge in [0.1, 0.15) is 0 Å². The number of aromatic nitrogens is 1. The fraction of sp³-hybridized carbons (Fsp3) is 0.125. The molecule has 0 radical (unpaired) electrons. The van der Waals surface area contributed by atoms with Gasteiger partial charge >= 0.3 is 12.1 Å². The molecule has 0 amide bonds. The van der Waals surface area contributed by atoms with E-state index in [2.05, 4.69) is 4.98 Å². The van der Waals surface area contributed by atoms with Gasteiger partial charge in [-0.25, -0.2) is 9.78 Å². The molecule has 0 atom stereocenters. The van der Waals surface area contributed by atoms with Crippen molar-refractivity contribution in [2.45, 2.75) is 13.1 Å². The molecule has 0 aliphatic heterocycles. The zero-order valence-corrected chi connectivity index (χ0v) is 11.4. The lowest BCUT2D eigenvalue weighted by atomic mass is 10.00. The van der Waals surface area contributed by atoms with Crippen LogP contribution in [0, 0.1) is 6.92 Å². The van der Waals surface area contributed by atoms with Crippen molar-refractivity contribution in [3.05, 3.63) is 53.2 Å². The number of rotatable bonds is 1. The quantitative estimate of drug-likeness (QED) is 0.677. The summed E-state index contributed by atoms with van der Waals surface area (Å²) in [5, 5.41) is 9.70. The number of halogens is 3. The predicted octanol–water partition coefficient (Wildman–Crippen LogP) is 4.41. The van der Waals surface area contributed by atoms with Gasteiger partial charge in [0.15, 0.2) is 5.69 Å². The fourth-order valence-corrected chi connectivity index (χ4v) is 2.47. The molecule has 0 fully saturated rings. The Hall–Kier alpha value is -2.63. The molecule has 1 N–H and O–H groups in total. The van der Waals surface area contributed by atoms with Crippen LogP contribution in [0.3, 0.4) is 0 Å². The molecule has 0 aliphatic rings. The number of aromatic carboxylic acids is 1. The molecule has 0 saturated carbocycles. The normalized spacial score (nSPS) is 12.0. The van der Waals surface area contributed by atoms with Gasteiger partial charge in [0.2, 0.25) is 0 Å². The average Bonchev–Trinajstić information content (AvgIpc) is 2.44. The number of nitrogens with zero attached hydrogens (tertiary/aromatic N) is 1. The number of carboxylic acid groups (broad SMARTS) is 1. The first-order valence-corrected chi connectivity index (χ1v) is 6.42. The lowest BCUT2D eigenvalue weighted by molar-refractivity contribution is -0.139. The molecule has 112 valence electrons. The van der Waals surface area contributed by atoms with Gasteiger partial charge in [-0.3, -0.25) is 0 Å². The summed E-state index contributed by atoms with van der Waals surface area (Å²) < 4.78 is 39.7. The molecule has 2 aromatic carbocycles. The first-order valence-electron chi connectivity index (χ1n) is 6.42. The second kappa shape index (κ2) is 4.69. The maximum absolute atomic E-state index is 13.2. The Bertz CT molecular complexity index is 917. The molecule has 22 heavy (non-hydrogen) atoms. The van der Waals surface area contributed by atoms with E-state index in [-0.39, 0.29) is 16.5 Å². The van der Waals surface area contributed by atoms with Crippen molar-refractivity contribution < 1.29 is 23.1 Å². The minimum absolute atomic E-state index is 0.202. The van der Waals surface area contributed by atoms with Crippen molar-refractivity contribution in [3.63, 3.8) is 0 Å². The molecular formula is C16H10F3NO2. The van der Waals surface area contributed by atoms with Gasteiger partial charge < -0.3 is 5.11 Å². The van der Waals surface area contributed by atoms with E-state index in [1.807, 2.05) is 6.92 Å². The molecule has 0 aliphatic carbocycles. The Morgan fingerprint density at radius 3 is 2.41 bits per heavy atom. The van der Waals surface area contributed by atoms with Crippen molar-refractivity contribution >= 4 is 27.6 Å². The van der Waals surface area contributed by atoms with Gasteiger partial charge in [0.25, 0.3) is 0 Å². The molecule has 3 nitrogen and oxygen atoms in total. The van der Waals surface area contributed by atoms with Crippen molar-refractivity contribution in [2.24, 2.45) is 0 Å². The molecule has 1 aromatic heterocycles. The summed E-state index contributed by atoms with van der Waals surface area (Å²) >= 11 is 0. The highest BCUT2D eigenvalue weighted by atomic mass is 19.4. The Kier molecular flexibility index (Phi) is 3.05. The molecule has 6 heteroatoms. The number of carbonyl (C=O) groups is 1. The van der Waals surface area contributed by atoms with E-state index in [1.54, 1.807) is 12.1 Å². The summed E-state index contributed by atoms with van der Waals surface area (Å²) in [6.45, 7) is 1.83. The Morgan fingerprint density at radius 1 is 1.05 bits per heavy atom. The zero-order chi connectivity index (χ0) is 16.1. The van der Waals surface area contributed by atoms with E-state index in [9.17, 15) is 18.0 Å². The van der Waals surface area contributed by atoms with Gasteiger partial charge in [0, 0.05) is 10.8 Å². The maximum atomic E-state index is 13.2. The van der Waals surface area contributed by atoms with E-state index >= 15 is 0 Å².